The molecule has 15 heavy (non-hydrogen) atoms. The highest BCUT2D eigenvalue weighted by Gasteiger charge is 2.42. The Hall–Kier alpha value is -0.850. The van der Waals surface area contributed by atoms with Gasteiger partial charge in [0.15, 0.2) is 5.13 Å². The van der Waals surface area contributed by atoms with E-state index in [1.807, 2.05) is 4.90 Å². The molecule has 82 valence electrons. The average Bonchev–Trinajstić information content (AvgIpc) is 2.73. The maximum Gasteiger partial charge on any atom is 0.325 e. The zero-order valence-corrected chi connectivity index (χ0v) is 9.38. The van der Waals surface area contributed by atoms with Crippen molar-refractivity contribution in [3.8, 4) is 0 Å². The Morgan fingerprint density at radius 1 is 1.80 bits per heavy atom. The summed E-state index contributed by atoms with van der Waals surface area (Å²) in [5.74, 6) is -0.965. The van der Waals surface area contributed by atoms with Gasteiger partial charge in [-0.2, -0.15) is 0 Å². The molecule has 1 saturated heterocycles. The van der Waals surface area contributed by atoms with E-state index >= 15 is 0 Å². The van der Waals surface area contributed by atoms with E-state index in [1.165, 1.54) is 11.3 Å². The maximum absolute atomic E-state index is 10.9. The fraction of sp³-hybridized carbons (Fsp3) is 0.500. The summed E-state index contributed by atoms with van der Waals surface area (Å²) in [6.07, 6.45) is 0.430. The van der Waals surface area contributed by atoms with Crippen LogP contribution in [0.1, 0.15) is 6.42 Å². The average molecular weight is 248 g/mol. The lowest BCUT2D eigenvalue weighted by Crippen LogP contribution is -2.50. The number of halogens is 1. The Morgan fingerprint density at radius 2 is 2.53 bits per heavy atom. The van der Waals surface area contributed by atoms with E-state index in [4.69, 9.17) is 22.4 Å². The number of thiazole rings is 1. The number of carboxylic acids is 1. The van der Waals surface area contributed by atoms with Crippen LogP contribution in [-0.4, -0.2) is 34.7 Å². The highest BCUT2D eigenvalue weighted by molar-refractivity contribution is 7.14. The lowest BCUT2D eigenvalue weighted by molar-refractivity contribution is -0.142. The van der Waals surface area contributed by atoms with Crippen molar-refractivity contribution >= 4 is 34.0 Å². The number of carbonyl (C=O) groups is 1. The summed E-state index contributed by atoms with van der Waals surface area (Å²) in [5.41, 5.74) is 4.58. The molecule has 1 fully saturated rings. The molecule has 0 saturated carbocycles. The van der Waals surface area contributed by atoms with Crippen LogP contribution in [-0.2, 0) is 4.79 Å². The van der Waals surface area contributed by atoms with E-state index in [0.29, 0.717) is 18.1 Å². The van der Waals surface area contributed by atoms with Gasteiger partial charge >= 0.3 is 5.97 Å². The quantitative estimate of drug-likeness (QED) is 0.808. The first-order chi connectivity index (χ1) is 7.01. The Balaban J connectivity index is 2.14. The molecule has 7 heteroatoms. The van der Waals surface area contributed by atoms with Crippen LogP contribution in [0.25, 0.3) is 0 Å². The predicted octanol–water partition coefficient (Wildman–Crippen LogP) is 0.789. The molecule has 5 nitrogen and oxygen atoms in total. The molecule has 1 atom stereocenters. The van der Waals surface area contributed by atoms with Crippen LogP contribution >= 0.6 is 22.9 Å². The van der Waals surface area contributed by atoms with Gasteiger partial charge < -0.3 is 15.7 Å². The van der Waals surface area contributed by atoms with E-state index in [1.54, 1.807) is 5.38 Å². The van der Waals surface area contributed by atoms with Crippen LogP contribution in [0, 0.1) is 0 Å². The van der Waals surface area contributed by atoms with Gasteiger partial charge in [0.2, 0.25) is 0 Å². The standard InChI is InChI=1S/C8H10ClN3O2S/c9-5-3-15-7(11-5)12-2-1-8(10,4-12)6(13)14/h3H,1-2,4,10H2,(H,13,14). The van der Waals surface area contributed by atoms with Crippen LogP contribution in [0.2, 0.25) is 5.15 Å². The van der Waals surface area contributed by atoms with Gasteiger partial charge in [0.1, 0.15) is 10.7 Å². The van der Waals surface area contributed by atoms with Crippen molar-refractivity contribution in [2.75, 3.05) is 18.0 Å². The smallest absolute Gasteiger partial charge is 0.325 e. The number of rotatable bonds is 2. The van der Waals surface area contributed by atoms with E-state index in [-0.39, 0.29) is 6.54 Å². The van der Waals surface area contributed by atoms with Crippen LogP contribution in [0.15, 0.2) is 5.38 Å². The molecule has 3 N–H and O–H groups in total. The predicted molar refractivity (Wildman–Crippen MR) is 58.5 cm³/mol. The molecule has 1 unspecified atom stereocenters. The van der Waals surface area contributed by atoms with Crippen LogP contribution < -0.4 is 10.6 Å². The number of nitrogens with zero attached hydrogens (tertiary/aromatic N) is 2. The molecule has 1 aliphatic rings. The number of anilines is 1. The van der Waals surface area contributed by atoms with Crippen molar-refractivity contribution < 1.29 is 9.90 Å². The number of carboxylic acid groups (broad SMARTS) is 1. The minimum atomic E-state index is -1.15. The van der Waals surface area contributed by atoms with Crippen molar-refractivity contribution in [2.24, 2.45) is 5.73 Å². The molecule has 0 amide bonds. The second-order valence-electron chi connectivity index (χ2n) is 3.59. The largest absolute Gasteiger partial charge is 0.480 e. The molecule has 0 radical (unpaired) electrons. The lowest BCUT2D eigenvalue weighted by Gasteiger charge is -2.19. The summed E-state index contributed by atoms with van der Waals surface area (Å²) < 4.78 is 0. The molecular formula is C8H10ClN3O2S. The van der Waals surface area contributed by atoms with Gasteiger partial charge in [-0.25, -0.2) is 4.98 Å². The van der Waals surface area contributed by atoms with Crippen LogP contribution in [0.3, 0.4) is 0 Å². The topological polar surface area (TPSA) is 79.5 Å². The Morgan fingerprint density at radius 3 is 3.00 bits per heavy atom. The third-order valence-corrected chi connectivity index (χ3v) is 3.69. The number of hydrogen-bond acceptors (Lipinski definition) is 5. The SMILES string of the molecule is NC1(C(=O)O)CCN(c2nc(Cl)cs2)C1. The van der Waals surface area contributed by atoms with Crippen LogP contribution in [0.4, 0.5) is 5.13 Å². The van der Waals surface area contributed by atoms with Crippen molar-refractivity contribution in [3.63, 3.8) is 0 Å². The Bertz CT molecular complexity index is 397. The Kier molecular flexibility index (Phi) is 2.57. The second kappa shape index (κ2) is 3.62. The van der Waals surface area contributed by atoms with Crippen molar-refractivity contribution in [1.82, 2.24) is 4.98 Å². The second-order valence-corrected chi connectivity index (χ2v) is 4.81. The maximum atomic E-state index is 10.9. The zero-order chi connectivity index (χ0) is 11.1. The highest BCUT2D eigenvalue weighted by atomic mass is 35.5. The molecule has 1 aromatic rings. The van der Waals surface area contributed by atoms with Crippen LogP contribution in [0.5, 0.6) is 0 Å². The summed E-state index contributed by atoms with van der Waals surface area (Å²) in [6.45, 7) is 0.888. The number of nitrogens with two attached hydrogens (primary N) is 1. The third-order valence-electron chi connectivity index (χ3n) is 2.46. The minimum Gasteiger partial charge on any atom is -0.480 e. The third kappa shape index (κ3) is 1.92. The monoisotopic (exact) mass is 247 g/mol. The number of aromatic nitrogens is 1. The van der Waals surface area contributed by atoms with E-state index in [0.717, 1.165) is 5.13 Å². The summed E-state index contributed by atoms with van der Waals surface area (Å²) in [7, 11) is 0. The molecule has 2 heterocycles. The van der Waals surface area contributed by atoms with Gasteiger partial charge in [-0.05, 0) is 6.42 Å². The summed E-state index contributed by atoms with van der Waals surface area (Å²) in [6, 6.07) is 0. The Labute approximate surface area is 95.5 Å². The number of hydrogen-bond donors (Lipinski definition) is 2. The van der Waals surface area contributed by atoms with Gasteiger partial charge in [-0.15, -0.1) is 11.3 Å². The molecular weight excluding hydrogens is 238 g/mol. The van der Waals surface area contributed by atoms with Crippen molar-refractivity contribution in [2.45, 2.75) is 12.0 Å². The normalized spacial score (nSPS) is 25.9. The van der Waals surface area contributed by atoms with Gasteiger partial charge in [0, 0.05) is 18.5 Å². The first-order valence-corrected chi connectivity index (χ1v) is 5.65. The minimum absolute atomic E-state index is 0.284. The molecule has 0 spiro atoms. The molecule has 1 aliphatic heterocycles. The summed E-state index contributed by atoms with van der Waals surface area (Å²) in [4.78, 5) is 16.8. The first kappa shape index (κ1) is 10.7. The van der Waals surface area contributed by atoms with Crippen molar-refractivity contribution in [3.05, 3.63) is 10.5 Å². The van der Waals surface area contributed by atoms with Crippen molar-refractivity contribution in [1.29, 1.82) is 0 Å². The van der Waals surface area contributed by atoms with E-state index in [2.05, 4.69) is 4.98 Å². The van der Waals surface area contributed by atoms with Gasteiger partial charge in [-0.1, -0.05) is 11.6 Å². The van der Waals surface area contributed by atoms with E-state index in [9.17, 15) is 4.79 Å². The summed E-state index contributed by atoms with van der Waals surface area (Å²) in [5, 5.41) is 11.8. The molecule has 0 aliphatic carbocycles. The fourth-order valence-electron chi connectivity index (χ4n) is 1.56. The fourth-order valence-corrected chi connectivity index (χ4v) is 2.54. The highest BCUT2D eigenvalue weighted by Crippen LogP contribution is 2.29. The molecule has 2 rings (SSSR count). The molecule has 1 aromatic heterocycles. The zero-order valence-electron chi connectivity index (χ0n) is 7.81. The number of aliphatic carboxylic acids is 1. The molecule has 0 bridgehead atoms. The van der Waals surface area contributed by atoms with E-state index < -0.39 is 11.5 Å². The summed E-state index contributed by atoms with van der Waals surface area (Å²) >= 11 is 7.09. The van der Waals surface area contributed by atoms with Gasteiger partial charge in [-0.3, -0.25) is 4.79 Å². The lowest BCUT2D eigenvalue weighted by atomic mass is 10.0. The first-order valence-electron chi connectivity index (χ1n) is 4.39. The van der Waals surface area contributed by atoms with Gasteiger partial charge in [0.25, 0.3) is 0 Å². The molecule has 0 aromatic carbocycles. The van der Waals surface area contributed by atoms with Gasteiger partial charge in [0.05, 0.1) is 0 Å².